The summed E-state index contributed by atoms with van der Waals surface area (Å²) in [6.07, 6.45) is 2.42. The van der Waals surface area contributed by atoms with Gasteiger partial charge >= 0.3 is 5.97 Å². The van der Waals surface area contributed by atoms with Gasteiger partial charge in [0.1, 0.15) is 10.6 Å². The Morgan fingerprint density at radius 2 is 2.04 bits per heavy atom. The van der Waals surface area contributed by atoms with Crippen molar-refractivity contribution in [1.82, 2.24) is 9.62 Å². The van der Waals surface area contributed by atoms with Gasteiger partial charge in [-0.1, -0.05) is 0 Å². The number of likely N-dealkylation sites (tertiary alicyclic amines) is 1. The Morgan fingerprint density at radius 1 is 1.30 bits per heavy atom. The molecule has 1 aromatic rings. The van der Waals surface area contributed by atoms with E-state index in [1.165, 1.54) is 19.2 Å². The molecule has 0 spiro atoms. The monoisotopic (exact) mass is 396 g/mol. The number of ether oxygens (including phenoxy) is 2. The van der Waals surface area contributed by atoms with Gasteiger partial charge in [0, 0.05) is 19.0 Å². The maximum atomic E-state index is 12.5. The van der Waals surface area contributed by atoms with Gasteiger partial charge in [0.05, 0.1) is 12.7 Å². The molecule has 1 aliphatic heterocycles. The van der Waals surface area contributed by atoms with E-state index in [-0.39, 0.29) is 28.2 Å². The van der Waals surface area contributed by atoms with Gasteiger partial charge in [-0.2, -0.15) is 0 Å². The molecule has 27 heavy (non-hydrogen) atoms. The summed E-state index contributed by atoms with van der Waals surface area (Å²) in [5, 5.41) is 0. The molecule has 2 fully saturated rings. The second-order valence-corrected chi connectivity index (χ2v) is 8.06. The summed E-state index contributed by atoms with van der Waals surface area (Å²) in [6, 6.07) is 3.75. The number of esters is 1. The van der Waals surface area contributed by atoms with Crippen LogP contribution in [0.3, 0.4) is 0 Å². The Hall–Kier alpha value is -2.46. The first kappa shape index (κ1) is 19.3. The van der Waals surface area contributed by atoms with E-state index in [4.69, 9.17) is 9.47 Å². The Labute approximate surface area is 156 Å². The fraction of sp³-hybridized carbons (Fsp3) is 0.471. The molecule has 2 aliphatic rings. The van der Waals surface area contributed by atoms with Crippen LogP contribution in [0.1, 0.15) is 36.0 Å². The van der Waals surface area contributed by atoms with Crippen molar-refractivity contribution in [3.63, 3.8) is 0 Å². The van der Waals surface area contributed by atoms with E-state index >= 15 is 0 Å². The first-order chi connectivity index (χ1) is 12.8. The molecule has 0 unspecified atom stereocenters. The zero-order valence-corrected chi connectivity index (χ0v) is 15.6. The van der Waals surface area contributed by atoms with Crippen molar-refractivity contribution in [2.75, 3.05) is 20.3 Å². The van der Waals surface area contributed by atoms with E-state index in [2.05, 4.69) is 4.72 Å². The van der Waals surface area contributed by atoms with E-state index in [0.717, 1.165) is 23.8 Å². The number of hydrogen-bond acceptors (Lipinski definition) is 7. The normalized spacial score (nSPS) is 17.1. The van der Waals surface area contributed by atoms with Crippen molar-refractivity contribution < 1.29 is 32.3 Å². The largest absolute Gasteiger partial charge is 0.495 e. The molecule has 1 saturated carbocycles. The number of sulfonamides is 1. The Bertz CT molecular complexity index is 877. The van der Waals surface area contributed by atoms with Crippen LogP contribution in [0.4, 0.5) is 0 Å². The predicted molar refractivity (Wildman–Crippen MR) is 92.6 cm³/mol. The average molecular weight is 396 g/mol. The number of carbonyl (C=O) groups excluding carboxylic acids is 3. The van der Waals surface area contributed by atoms with Crippen LogP contribution in [0, 0.1) is 0 Å². The van der Waals surface area contributed by atoms with Crippen LogP contribution in [-0.2, 0) is 24.3 Å². The molecule has 1 saturated heterocycles. The minimum Gasteiger partial charge on any atom is -0.495 e. The lowest BCUT2D eigenvalue weighted by Gasteiger charge is -2.14. The molecule has 10 heteroatoms. The molecule has 3 rings (SSSR count). The van der Waals surface area contributed by atoms with Gasteiger partial charge in [-0.3, -0.25) is 14.5 Å². The SMILES string of the molecule is COc1ccc(C(=O)OCC(=O)N2CCCC2=O)cc1S(=O)(=O)NC1CC1. The van der Waals surface area contributed by atoms with Crippen molar-refractivity contribution >= 4 is 27.8 Å². The minimum atomic E-state index is -3.85. The molecule has 0 bridgehead atoms. The van der Waals surface area contributed by atoms with E-state index in [1.54, 1.807) is 0 Å². The van der Waals surface area contributed by atoms with Crippen LogP contribution >= 0.6 is 0 Å². The quantitative estimate of drug-likeness (QED) is 0.664. The summed E-state index contributed by atoms with van der Waals surface area (Å²) >= 11 is 0. The smallest absolute Gasteiger partial charge is 0.338 e. The van der Waals surface area contributed by atoms with Crippen LogP contribution in [0.2, 0.25) is 0 Å². The Morgan fingerprint density at radius 3 is 2.63 bits per heavy atom. The second-order valence-electron chi connectivity index (χ2n) is 6.38. The Balaban J connectivity index is 1.72. The van der Waals surface area contributed by atoms with Crippen LogP contribution in [-0.4, -0.2) is 57.4 Å². The second kappa shape index (κ2) is 7.65. The number of nitrogens with one attached hydrogen (secondary N) is 1. The topological polar surface area (TPSA) is 119 Å². The van der Waals surface area contributed by atoms with E-state index in [9.17, 15) is 22.8 Å². The third-order valence-corrected chi connectivity index (χ3v) is 5.83. The van der Waals surface area contributed by atoms with Gasteiger partial charge in [0.2, 0.25) is 15.9 Å². The van der Waals surface area contributed by atoms with Gasteiger partial charge in [-0.25, -0.2) is 17.9 Å². The highest BCUT2D eigenvalue weighted by Gasteiger charge is 2.31. The summed E-state index contributed by atoms with van der Waals surface area (Å²) in [6.45, 7) is -0.272. The summed E-state index contributed by atoms with van der Waals surface area (Å²) in [4.78, 5) is 36.6. The van der Waals surface area contributed by atoms with E-state index in [0.29, 0.717) is 19.4 Å². The van der Waals surface area contributed by atoms with Gasteiger partial charge in [-0.05, 0) is 37.5 Å². The molecule has 0 atom stereocenters. The fourth-order valence-electron chi connectivity index (χ4n) is 2.70. The molecule has 1 aromatic carbocycles. The average Bonchev–Trinajstić information content (AvgIpc) is 3.34. The number of rotatable bonds is 7. The van der Waals surface area contributed by atoms with Crippen molar-refractivity contribution in [3.8, 4) is 5.75 Å². The third kappa shape index (κ3) is 4.45. The van der Waals surface area contributed by atoms with E-state index in [1.807, 2.05) is 0 Å². The van der Waals surface area contributed by atoms with Crippen LogP contribution in [0.5, 0.6) is 5.75 Å². The number of imide groups is 1. The highest BCUT2D eigenvalue weighted by molar-refractivity contribution is 7.89. The number of hydrogen-bond donors (Lipinski definition) is 1. The first-order valence-electron chi connectivity index (χ1n) is 8.52. The summed E-state index contributed by atoms with van der Waals surface area (Å²) in [7, 11) is -2.52. The maximum Gasteiger partial charge on any atom is 0.338 e. The molecule has 1 aliphatic carbocycles. The minimum absolute atomic E-state index is 0.0347. The molecular weight excluding hydrogens is 376 g/mol. The number of carbonyl (C=O) groups is 3. The number of nitrogens with zero attached hydrogens (tertiary/aromatic N) is 1. The highest BCUT2D eigenvalue weighted by Crippen LogP contribution is 2.28. The Kier molecular flexibility index (Phi) is 5.47. The molecule has 146 valence electrons. The highest BCUT2D eigenvalue weighted by atomic mass is 32.2. The maximum absolute atomic E-state index is 12.5. The molecule has 2 amide bonds. The van der Waals surface area contributed by atoms with E-state index < -0.39 is 28.5 Å². The molecule has 0 aromatic heterocycles. The lowest BCUT2D eigenvalue weighted by molar-refractivity contribution is -0.143. The third-order valence-electron chi connectivity index (χ3n) is 4.29. The summed E-state index contributed by atoms with van der Waals surface area (Å²) in [5.74, 6) is -1.65. The van der Waals surface area contributed by atoms with Gasteiger partial charge in [0.25, 0.3) is 5.91 Å². The zero-order valence-electron chi connectivity index (χ0n) is 14.8. The molecule has 1 heterocycles. The van der Waals surface area contributed by atoms with Crippen molar-refractivity contribution in [3.05, 3.63) is 23.8 Å². The standard InChI is InChI=1S/C17H20N2O7S/c1-25-13-7-4-11(9-14(13)27(23,24)18-12-5-6-12)17(22)26-10-16(21)19-8-2-3-15(19)20/h4,7,9,12,18H,2-3,5-6,8,10H2,1H3. The van der Waals surface area contributed by atoms with Crippen molar-refractivity contribution in [2.45, 2.75) is 36.6 Å². The fourth-order valence-corrected chi connectivity index (χ4v) is 4.20. The van der Waals surface area contributed by atoms with Crippen LogP contribution in [0.15, 0.2) is 23.1 Å². The molecule has 0 radical (unpaired) electrons. The van der Waals surface area contributed by atoms with Gasteiger partial charge < -0.3 is 9.47 Å². The van der Waals surface area contributed by atoms with Gasteiger partial charge in [-0.15, -0.1) is 0 Å². The molecule has 9 nitrogen and oxygen atoms in total. The lowest BCUT2D eigenvalue weighted by atomic mass is 10.2. The number of benzene rings is 1. The predicted octanol–water partition coefficient (Wildman–Crippen LogP) is 0.442. The summed E-state index contributed by atoms with van der Waals surface area (Å²) < 4.78 is 37.5. The first-order valence-corrected chi connectivity index (χ1v) is 10.0. The summed E-state index contributed by atoms with van der Waals surface area (Å²) in [5.41, 5.74) is -0.0347. The van der Waals surface area contributed by atoms with Crippen LogP contribution < -0.4 is 9.46 Å². The number of methoxy groups -OCH3 is 1. The molecule has 1 N–H and O–H groups in total. The van der Waals surface area contributed by atoms with Gasteiger partial charge in [0.15, 0.2) is 6.61 Å². The lowest BCUT2D eigenvalue weighted by Crippen LogP contribution is -2.35. The van der Waals surface area contributed by atoms with Crippen molar-refractivity contribution in [2.24, 2.45) is 0 Å². The molecular formula is C17H20N2O7S. The van der Waals surface area contributed by atoms with Crippen LogP contribution in [0.25, 0.3) is 0 Å². The number of amides is 2. The zero-order chi connectivity index (χ0) is 19.6. The van der Waals surface area contributed by atoms with Crippen molar-refractivity contribution in [1.29, 1.82) is 0 Å².